The van der Waals surface area contributed by atoms with E-state index >= 15 is 0 Å². The van der Waals surface area contributed by atoms with Crippen molar-refractivity contribution in [2.45, 2.75) is 32.7 Å². The fraction of sp³-hybridized carbons (Fsp3) is 0.462. The Morgan fingerprint density at radius 1 is 1.42 bits per heavy atom. The Bertz CT molecular complexity index is 598. The number of aromatic nitrogens is 4. The first-order chi connectivity index (χ1) is 9.15. The van der Waals surface area contributed by atoms with Crippen molar-refractivity contribution in [3.05, 3.63) is 34.9 Å². The fourth-order valence-electron chi connectivity index (χ4n) is 2.30. The number of aromatic amines is 2. The van der Waals surface area contributed by atoms with Gasteiger partial charge in [0.2, 0.25) is 0 Å². The average molecular weight is 259 g/mol. The van der Waals surface area contributed by atoms with Crippen LogP contribution >= 0.6 is 0 Å². The van der Waals surface area contributed by atoms with E-state index in [-0.39, 0.29) is 5.91 Å². The summed E-state index contributed by atoms with van der Waals surface area (Å²) < 4.78 is 0. The van der Waals surface area contributed by atoms with Gasteiger partial charge in [-0.3, -0.25) is 15.0 Å². The van der Waals surface area contributed by atoms with Gasteiger partial charge in [-0.15, -0.1) is 0 Å². The van der Waals surface area contributed by atoms with E-state index in [0.717, 1.165) is 23.4 Å². The summed E-state index contributed by atoms with van der Waals surface area (Å²) in [7, 11) is 0. The van der Waals surface area contributed by atoms with Gasteiger partial charge in [-0.1, -0.05) is 13.8 Å². The minimum Gasteiger partial charge on any atom is -0.332 e. The average Bonchev–Trinajstić information content (AvgIpc) is 3.06. The number of amides is 1. The molecule has 0 aromatic carbocycles. The van der Waals surface area contributed by atoms with E-state index in [2.05, 4.69) is 34.2 Å². The van der Waals surface area contributed by atoms with Crippen LogP contribution in [-0.2, 0) is 13.0 Å². The van der Waals surface area contributed by atoms with E-state index in [1.54, 1.807) is 6.20 Å². The van der Waals surface area contributed by atoms with Gasteiger partial charge in [0, 0.05) is 36.5 Å². The fourth-order valence-corrected chi connectivity index (χ4v) is 2.30. The molecular weight excluding hydrogens is 242 g/mol. The third-order valence-corrected chi connectivity index (χ3v) is 3.53. The van der Waals surface area contributed by atoms with Crippen LogP contribution in [0, 0.1) is 0 Å². The zero-order chi connectivity index (χ0) is 13.4. The Morgan fingerprint density at radius 3 is 3.00 bits per heavy atom. The summed E-state index contributed by atoms with van der Waals surface area (Å²) in [5.41, 5.74) is 3.72. The zero-order valence-corrected chi connectivity index (χ0v) is 11.1. The van der Waals surface area contributed by atoms with Gasteiger partial charge >= 0.3 is 0 Å². The summed E-state index contributed by atoms with van der Waals surface area (Å²) >= 11 is 0. The van der Waals surface area contributed by atoms with Crippen LogP contribution in [0.4, 0.5) is 0 Å². The Hall–Kier alpha value is -2.11. The summed E-state index contributed by atoms with van der Waals surface area (Å²) in [6.45, 7) is 5.45. The van der Waals surface area contributed by atoms with Gasteiger partial charge in [0.25, 0.3) is 5.91 Å². The van der Waals surface area contributed by atoms with Crippen LogP contribution in [0.25, 0.3) is 0 Å². The van der Waals surface area contributed by atoms with E-state index in [1.807, 2.05) is 11.0 Å². The summed E-state index contributed by atoms with van der Waals surface area (Å²) in [5.74, 6) is 0.325. The van der Waals surface area contributed by atoms with E-state index in [4.69, 9.17) is 0 Å². The highest BCUT2D eigenvalue weighted by molar-refractivity contribution is 5.92. The molecule has 0 saturated heterocycles. The third kappa shape index (κ3) is 2.14. The van der Waals surface area contributed by atoms with Crippen LogP contribution in [0.1, 0.15) is 47.2 Å². The first kappa shape index (κ1) is 12.0. The number of carbonyl (C=O) groups excluding carboxylic acids is 1. The van der Waals surface area contributed by atoms with Crippen molar-refractivity contribution in [3.8, 4) is 0 Å². The molecular formula is C13H17N5O. The lowest BCUT2D eigenvalue weighted by atomic mass is 10.1. The van der Waals surface area contributed by atoms with Crippen molar-refractivity contribution in [1.82, 2.24) is 25.3 Å². The molecule has 100 valence electrons. The Balaban J connectivity index is 1.77. The number of carbonyl (C=O) groups is 1. The predicted octanol–water partition coefficient (Wildman–Crippen LogP) is 1.45. The van der Waals surface area contributed by atoms with Crippen LogP contribution in [0.15, 0.2) is 12.3 Å². The minimum absolute atomic E-state index is 0.0185. The third-order valence-electron chi connectivity index (χ3n) is 3.53. The lowest BCUT2D eigenvalue weighted by molar-refractivity contribution is 0.0728. The lowest BCUT2D eigenvalue weighted by Crippen LogP contribution is -2.35. The molecule has 3 rings (SSSR count). The van der Waals surface area contributed by atoms with Crippen molar-refractivity contribution >= 4 is 5.91 Å². The van der Waals surface area contributed by atoms with Crippen molar-refractivity contribution < 1.29 is 4.79 Å². The SMILES string of the molecule is CC(C)c1cc(C(=O)N2CCc3[nH]ncc3C2)n[nH]1. The number of rotatable bonds is 2. The first-order valence-electron chi connectivity index (χ1n) is 6.51. The highest BCUT2D eigenvalue weighted by atomic mass is 16.2. The lowest BCUT2D eigenvalue weighted by Gasteiger charge is -2.25. The molecule has 2 aromatic rings. The van der Waals surface area contributed by atoms with Gasteiger partial charge in [-0.25, -0.2) is 0 Å². The molecule has 0 fully saturated rings. The maximum atomic E-state index is 12.4. The molecule has 0 spiro atoms. The van der Waals surface area contributed by atoms with Crippen LogP contribution in [0.5, 0.6) is 0 Å². The highest BCUT2D eigenvalue weighted by Crippen LogP contribution is 2.19. The number of nitrogens with zero attached hydrogens (tertiary/aromatic N) is 3. The molecule has 0 radical (unpaired) electrons. The molecule has 0 aliphatic carbocycles. The molecule has 1 amide bonds. The van der Waals surface area contributed by atoms with Gasteiger partial charge in [-0.05, 0) is 12.0 Å². The molecule has 0 saturated carbocycles. The largest absolute Gasteiger partial charge is 0.332 e. The van der Waals surface area contributed by atoms with Gasteiger partial charge < -0.3 is 4.90 Å². The van der Waals surface area contributed by atoms with E-state index in [9.17, 15) is 4.79 Å². The molecule has 1 aliphatic heterocycles. The number of H-pyrrole nitrogens is 2. The first-order valence-corrected chi connectivity index (χ1v) is 6.51. The molecule has 6 nitrogen and oxygen atoms in total. The zero-order valence-electron chi connectivity index (χ0n) is 11.1. The number of nitrogens with one attached hydrogen (secondary N) is 2. The van der Waals surface area contributed by atoms with Crippen molar-refractivity contribution in [2.24, 2.45) is 0 Å². The summed E-state index contributed by atoms with van der Waals surface area (Å²) in [5, 5.41) is 14.0. The highest BCUT2D eigenvalue weighted by Gasteiger charge is 2.24. The normalized spacial score (nSPS) is 14.8. The standard InChI is InChI=1S/C13H17N5O/c1-8(2)11-5-12(17-16-11)13(19)18-4-3-10-9(7-18)6-14-15-10/h5-6,8H,3-4,7H2,1-2H3,(H,14,15)(H,16,17). The summed E-state index contributed by atoms with van der Waals surface area (Å²) in [4.78, 5) is 14.2. The maximum Gasteiger partial charge on any atom is 0.274 e. The van der Waals surface area contributed by atoms with Crippen molar-refractivity contribution in [3.63, 3.8) is 0 Å². The molecule has 2 aromatic heterocycles. The minimum atomic E-state index is -0.0185. The Labute approximate surface area is 111 Å². The molecule has 0 bridgehead atoms. The molecule has 6 heteroatoms. The Morgan fingerprint density at radius 2 is 2.26 bits per heavy atom. The number of hydrogen-bond donors (Lipinski definition) is 2. The monoisotopic (exact) mass is 259 g/mol. The molecule has 3 heterocycles. The van der Waals surface area contributed by atoms with Crippen molar-refractivity contribution in [1.29, 1.82) is 0 Å². The van der Waals surface area contributed by atoms with Gasteiger partial charge in [0.15, 0.2) is 0 Å². The summed E-state index contributed by atoms with van der Waals surface area (Å²) in [6.07, 6.45) is 2.61. The van der Waals surface area contributed by atoms with Crippen molar-refractivity contribution in [2.75, 3.05) is 6.54 Å². The van der Waals surface area contributed by atoms with Crippen LogP contribution in [-0.4, -0.2) is 37.7 Å². The van der Waals surface area contributed by atoms with E-state index in [1.165, 1.54) is 0 Å². The number of fused-ring (bicyclic) bond motifs is 1. The second kappa shape index (κ2) is 4.53. The van der Waals surface area contributed by atoms with Gasteiger partial charge in [-0.2, -0.15) is 10.2 Å². The van der Waals surface area contributed by atoms with Crippen LogP contribution in [0.2, 0.25) is 0 Å². The van der Waals surface area contributed by atoms with E-state index < -0.39 is 0 Å². The number of hydrogen-bond acceptors (Lipinski definition) is 3. The second-order valence-corrected chi connectivity index (χ2v) is 5.21. The molecule has 1 aliphatic rings. The van der Waals surface area contributed by atoms with Gasteiger partial charge in [0.05, 0.1) is 6.20 Å². The second-order valence-electron chi connectivity index (χ2n) is 5.21. The summed E-state index contributed by atoms with van der Waals surface area (Å²) in [6, 6.07) is 1.85. The van der Waals surface area contributed by atoms with Crippen LogP contribution in [0.3, 0.4) is 0 Å². The smallest absolute Gasteiger partial charge is 0.274 e. The molecule has 2 N–H and O–H groups in total. The quantitative estimate of drug-likeness (QED) is 0.857. The molecule has 19 heavy (non-hydrogen) atoms. The van der Waals surface area contributed by atoms with E-state index in [0.29, 0.717) is 24.7 Å². The predicted molar refractivity (Wildman–Crippen MR) is 69.7 cm³/mol. The molecule has 0 unspecified atom stereocenters. The molecule has 0 atom stereocenters. The van der Waals surface area contributed by atoms with Gasteiger partial charge in [0.1, 0.15) is 5.69 Å². The van der Waals surface area contributed by atoms with Crippen LogP contribution < -0.4 is 0 Å². The Kier molecular flexibility index (Phi) is 2.85. The maximum absolute atomic E-state index is 12.4. The topological polar surface area (TPSA) is 77.7 Å².